The molecule has 0 spiro atoms. The molecule has 3 saturated carbocycles. The molecule has 3 aliphatic carbocycles. The van der Waals surface area contributed by atoms with Crippen molar-refractivity contribution in [1.82, 2.24) is 16.0 Å². The second-order valence-corrected chi connectivity index (χ2v) is 10.7. The fourth-order valence-electron chi connectivity index (χ4n) is 5.72. The van der Waals surface area contributed by atoms with E-state index in [1.54, 1.807) is 0 Å². The fourth-order valence-corrected chi connectivity index (χ4v) is 5.72. The minimum absolute atomic E-state index is 0.0666. The van der Waals surface area contributed by atoms with Gasteiger partial charge in [0.1, 0.15) is 12.1 Å². The summed E-state index contributed by atoms with van der Waals surface area (Å²) >= 11 is 0. The number of fused-ring (bicyclic) bond motifs is 2. The molecule has 0 heterocycles. The number of amides is 3. The third kappa shape index (κ3) is 5.16. The first kappa shape index (κ1) is 23.8. The summed E-state index contributed by atoms with van der Waals surface area (Å²) in [7, 11) is 0. The molecule has 3 aliphatic rings. The van der Waals surface area contributed by atoms with Crippen molar-refractivity contribution in [3.8, 4) is 0 Å². The molecule has 0 aromatic carbocycles. The van der Waals surface area contributed by atoms with Gasteiger partial charge in [-0.1, -0.05) is 33.6 Å². The predicted octanol–water partition coefficient (Wildman–Crippen LogP) is 2.37. The molecule has 3 fully saturated rings. The normalized spacial score (nSPS) is 30.5. The van der Waals surface area contributed by atoms with Crippen molar-refractivity contribution in [1.29, 1.82) is 0 Å². The zero-order chi connectivity index (χ0) is 22.8. The van der Waals surface area contributed by atoms with Crippen molar-refractivity contribution in [2.45, 2.75) is 96.7 Å². The summed E-state index contributed by atoms with van der Waals surface area (Å²) < 4.78 is 0. The molecular weight excluding hydrogens is 396 g/mol. The minimum atomic E-state index is -1.08. The number of hydrogen-bond acceptors (Lipinski definition) is 4. The molecule has 6 N–H and O–H groups in total. The standard InChI is InChI=1S/C23H40N4O4/c1-22(2)15-9-10-23(22,3)18(13-15)27-19(28)17(12-14-7-8-14)26-21(31)25-16(20(29)30)6-4-5-11-24/h14-18H,4-13,24H2,1-3H3,(H,27,28)(H,29,30)(H2,25,26,31)/t15-,16?,17-,18+,23+/m1/s1. The van der Waals surface area contributed by atoms with E-state index in [1.807, 2.05) is 0 Å². The zero-order valence-corrected chi connectivity index (χ0v) is 19.2. The number of aliphatic carboxylic acids is 1. The van der Waals surface area contributed by atoms with E-state index >= 15 is 0 Å². The number of unbranched alkanes of at least 4 members (excludes halogenated alkanes) is 1. The van der Waals surface area contributed by atoms with Crippen molar-refractivity contribution < 1.29 is 19.5 Å². The smallest absolute Gasteiger partial charge is 0.326 e. The first-order valence-corrected chi connectivity index (χ1v) is 11.9. The van der Waals surface area contributed by atoms with Crippen LogP contribution in [-0.2, 0) is 9.59 Å². The van der Waals surface area contributed by atoms with Gasteiger partial charge in [0.25, 0.3) is 0 Å². The summed E-state index contributed by atoms with van der Waals surface area (Å²) in [6.45, 7) is 7.38. The Balaban J connectivity index is 1.59. The maximum absolute atomic E-state index is 13.2. The van der Waals surface area contributed by atoms with Crippen LogP contribution in [0.4, 0.5) is 4.79 Å². The largest absolute Gasteiger partial charge is 0.480 e. The van der Waals surface area contributed by atoms with Gasteiger partial charge in [-0.3, -0.25) is 4.79 Å². The minimum Gasteiger partial charge on any atom is -0.480 e. The Bertz CT molecular complexity index is 693. The van der Waals surface area contributed by atoms with Crippen LogP contribution in [0.15, 0.2) is 0 Å². The van der Waals surface area contributed by atoms with Gasteiger partial charge in [0.05, 0.1) is 0 Å². The monoisotopic (exact) mass is 436 g/mol. The zero-order valence-electron chi connectivity index (χ0n) is 19.2. The van der Waals surface area contributed by atoms with Crippen LogP contribution in [0.25, 0.3) is 0 Å². The summed E-state index contributed by atoms with van der Waals surface area (Å²) in [4.78, 5) is 37.2. The van der Waals surface area contributed by atoms with E-state index in [0.717, 1.165) is 25.7 Å². The summed E-state index contributed by atoms with van der Waals surface area (Å²) in [5.41, 5.74) is 5.73. The van der Waals surface area contributed by atoms with Crippen LogP contribution in [0.1, 0.15) is 78.6 Å². The van der Waals surface area contributed by atoms with Crippen molar-refractivity contribution in [2.75, 3.05) is 6.54 Å². The third-order valence-electron chi connectivity index (χ3n) is 8.55. The van der Waals surface area contributed by atoms with E-state index in [4.69, 9.17) is 5.73 Å². The number of hydrogen-bond donors (Lipinski definition) is 5. The van der Waals surface area contributed by atoms with Gasteiger partial charge in [-0.15, -0.1) is 0 Å². The molecule has 176 valence electrons. The van der Waals surface area contributed by atoms with E-state index in [0.29, 0.717) is 44.1 Å². The molecule has 31 heavy (non-hydrogen) atoms. The molecule has 8 heteroatoms. The van der Waals surface area contributed by atoms with E-state index < -0.39 is 24.1 Å². The highest BCUT2D eigenvalue weighted by Gasteiger charge is 2.61. The van der Waals surface area contributed by atoms with Gasteiger partial charge in [0, 0.05) is 6.04 Å². The molecule has 3 amide bonds. The Hall–Kier alpha value is -1.83. The maximum atomic E-state index is 13.2. The number of carbonyl (C=O) groups excluding carboxylic acids is 2. The van der Waals surface area contributed by atoms with Gasteiger partial charge >= 0.3 is 12.0 Å². The van der Waals surface area contributed by atoms with Crippen molar-refractivity contribution in [2.24, 2.45) is 28.4 Å². The highest BCUT2D eigenvalue weighted by Crippen LogP contribution is 2.65. The summed E-state index contributed by atoms with van der Waals surface area (Å²) in [5.74, 6) is -0.159. The Morgan fingerprint density at radius 2 is 1.74 bits per heavy atom. The lowest BCUT2D eigenvalue weighted by Crippen LogP contribution is -2.56. The molecule has 2 bridgehead atoms. The summed E-state index contributed by atoms with van der Waals surface area (Å²) in [6, 6.07) is -2.11. The highest BCUT2D eigenvalue weighted by atomic mass is 16.4. The number of rotatable bonds is 11. The topological polar surface area (TPSA) is 134 Å². The first-order valence-electron chi connectivity index (χ1n) is 11.9. The average Bonchev–Trinajstić information content (AvgIpc) is 3.45. The van der Waals surface area contributed by atoms with Gasteiger partial charge in [0.15, 0.2) is 0 Å². The molecule has 3 rings (SSSR count). The molecule has 5 atom stereocenters. The van der Waals surface area contributed by atoms with E-state index in [-0.39, 0.29) is 22.8 Å². The fraction of sp³-hybridized carbons (Fsp3) is 0.870. The van der Waals surface area contributed by atoms with Gasteiger partial charge in [0.2, 0.25) is 5.91 Å². The van der Waals surface area contributed by atoms with Crippen LogP contribution in [0.2, 0.25) is 0 Å². The second-order valence-electron chi connectivity index (χ2n) is 10.7. The maximum Gasteiger partial charge on any atom is 0.326 e. The van der Waals surface area contributed by atoms with E-state index in [1.165, 1.54) is 6.42 Å². The molecule has 0 saturated heterocycles. The highest BCUT2D eigenvalue weighted by molar-refractivity contribution is 5.89. The SMILES string of the molecule is CC1(C)[C@@H]2CC[C@@]1(C)[C@@H](NC(=O)[C@@H](CC1CC1)NC(=O)NC(CCCCN)C(=O)O)C2. The molecule has 1 unspecified atom stereocenters. The van der Waals surface area contributed by atoms with Crippen LogP contribution in [-0.4, -0.2) is 47.7 Å². The molecule has 0 radical (unpaired) electrons. The van der Waals surface area contributed by atoms with Gasteiger partial charge < -0.3 is 26.8 Å². The Kier molecular flexibility index (Phi) is 7.18. The average molecular weight is 437 g/mol. The lowest BCUT2D eigenvalue weighted by Gasteiger charge is -2.40. The van der Waals surface area contributed by atoms with Gasteiger partial charge in [-0.2, -0.15) is 0 Å². The Morgan fingerprint density at radius 1 is 1.06 bits per heavy atom. The van der Waals surface area contributed by atoms with Crippen LogP contribution in [0.5, 0.6) is 0 Å². The first-order chi connectivity index (χ1) is 14.6. The number of carboxylic acid groups (broad SMARTS) is 1. The number of carbonyl (C=O) groups is 3. The molecule has 0 aromatic rings. The number of urea groups is 1. The van der Waals surface area contributed by atoms with Crippen molar-refractivity contribution in [3.63, 3.8) is 0 Å². The third-order valence-corrected chi connectivity index (χ3v) is 8.55. The summed E-state index contributed by atoms with van der Waals surface area (Å²) in [5, 5.41) is 17.9. The molecule has 0 aromatic heterocycles. The molecular formula is C23H40N4O4. The lowest BCUT2D eigenvalue weighted by atomic mass is 9.69. The van der Waals surface area contributed by atoms with Crippen molar-refractivity contribution >= 4 is 17.9 Å². The van der Waals surface area contributed by atoms with Gasteiger partial charge in [-0.25, -0.2) is 9.59 Å². The number of carboxylic acids is 1. The number of nitrogens with two attached hydrogens (primary N) is 1. The lowest BCUT2D eigenvalue weighted by molar-refractivity contribution is -0.139. The number of nitrogens with one attached hydrogen (secondary N) is 3. The Labute approximate surface area is 185 Å². The van der Waals surface area contributed by atoms with Crippen LogP contribution in [0.3, 0.4) is 0 Å². The van der Waals surface area contributed by atoms with Crippen molar-refractivity contribution in [3.05, 3.63) is 0 Å². The second kappa shape index (κ2) is 9.35. The molecule has 8 nitrogen and oxygen atoms in total. The molecule has 0 aliphatic heterocycles. The summed E-state index contributed by atoms with van der Waals surface area (Å²) in [6.07, 6.45) is 7.69. The van der Waals surface area contributed by atoms with E-state index in [2.05, 4.69) is 36.7 Å². The van der Waals surface area contributed by atoms with Gasteiger partial charge in [-0.05, 0) is 74.2 Å². The quantitative estimate of drug-likeness (QED) is 0.317. The van der Waals surface area contributed by atoms with Crippen LogP contribution in [0, 0.1) is 22.7 Å². The predicted molar refractivity (Wildman–Crippen MR) is 118 cm³/mol. The van der Waals surface area contributed by atoms with Crippen LogP contribution >= 0.6 is 0 Å². The Morgan fingerprint density at radius 3 is 2.26 bits per heavy atom. The van der Waals surface area contributed by atoms with E-state index in [9.17, 15) is 19.5 Å². The van der Waals surface area contributed by atoms with Crippen LogP contribution < -0.4 is 21.7 Å².